The zero-order valence-corrected chi connectivity index (χ0v) is 14.7. The molecule has 22 heavy (non-hydrogen) atoms. The molecule has 0 bridgehead atoms. The lowest BCUT2D eigenvalue weighted by Gasteiger charge is -2.63. The van der Waals surface area contributed by atoms with Crippen molar-refractivity contribution >= 4 is 0 Å². The van der Waals surface area contributed by atoms with Crippen LogP contribution in [0.1, 0.15) is 59.1 Å². The van der Waals surface area contributed by atoms with E-state index in [1.54, 1.807) is 0 Å². The van der Waals surface area contributed by atoms with Crippen LogP contribution in [0.2, 0.25) is 0 Å². The predicted molar refractivity (Wildman–Crippen MR) is 86.6 cm³/mol. The summed E-state index contributed by atoms with van der Waals surface area (Å²) in [6, 6.07) is 0.637. The first kappa shape index (κ1) is 15.9. The van der Waals surface area contributed by atoms with Crippen LogP contribution in [0.4, 0.5) is 0 Å². The molecule has 0 N–H and O–H groups in total. The average molecular weight is 306 g/mol. The summed E-state index contributed by atoms with van der Waals surface area (Å²) in [7, 11) is 2.23. The second-order valence-electron chi connectivity index (χ2n) is 8.02. The fourth-order valence-electron chi connectivity index (χ4n) is 4.08. The average Bonchev–Trinajstić information content (AvgIpc) is 2.80. The summed E-state index contributed by atoms with van der Waals surface area (Å²) in [4.78, 5) is 2.46. The van der Waals surface area contributed by atoms with Crippen molar-refractivity contribution in [1.29, 1.82) is 0 Å². The number of hydrogen-bond donors (Lipinski definition) is 0. The second-order valence-corrected chi connectivity index (χ2v) is 8.02. The van der Waals surface area contributed by atoms with Crippen molar-refractivity contribution in [3.63, 3.8) is 0 Å². The highest BCUT2D eigenvalue weighted by atomic mass is 16.5. The van der Waals surface area contributed by atoms with Crippen LogP contribution in [0.25, 0.3) is 0 Å². The molecule has 2 aliphatic carbocycles. The molecular weight excluding hydrogens is 276 g/mol. The molecule has 0 saturated heterocycles. The number of hydrogen-bond acceptors (Lipinski definition) is 4. The summed E-state index contributed by atoms with van der Waals surface area (Å²) >= 11 is 0. The third kappa shape index (κ3) is 2.58. The lowest BCUT2D eigenvalue weighted by molar-refractivity contribution is -0.201. The highest BCUT2D eigenvalue weighted by molar-refractivity contribution is 5.13. The van der Waals surface area contributed by atoms with Crippen LogP contribution in [0, 0.1) is 5.41 Å². The van der Waals surface area contributed by atoms with Crippen LogP contribution in [-0.4, -0.2) is 45.7 Å². The van der Waals surface area contributed by atoms with Gasteiger partial charge in [-0.25, -0.2) is 4.68 Å². The molecule has 2 saturated carbocycles. The quantitative estimate of drug-likeness (QED) is 0.839. The van der Waals surface area contributed by atoms with E-state index in [0.29, 0.717) is 17.6 Å². The van der Waals surface area contributed by atoms with Crippen LogP contribution >= 0.6 is 0 Å². The molecule has 1 aromatic rings. The van der Waals surface area contributed by atoms with Crippen molar-refractivity contribution < 1.29 is 4.74 Å². The number of rotatable bonds is 5. The highest BCUT2D eigenvalue weighted by Gasteiger charge is 2.60. The van der Waals surface area contributed by atoms with Crippen LogP contribution < -0.4 is 0 Å². The molecule has 1 aromatic heterocycles. The van der Waals surface area contributed by atoms with E-state index >= 15 is 0 Å². The fourth-order valence-corrected chi connectivity index (χ4v) is 4.08. The summed E-state index contributed by atoms with van der Waals surface area (Å²) < 4.78 is 7.91. The molecule has 0 unspecified atom stereocenters. The van der Waals surface area contributed by atoms with E-state index in [1.807, 2.05) is 4.68 Å². The van der Waals surface area contributed by atoms with Gasteiger partial charge in [0.1, 0.15) is 0 Å². The molecule has 5 heteroatoms. The van der Waals surface area contributed by atoms with E-state index in [-0.39, 0.29) is 5.54 Å². The Bertz CT molecular complexity index is 515. The van der Waals surface area contributed by atoms with Crippen LogP contribution in [0.5, 0.6) is 0 Å². The predicted octanol–water partition coefficient (Wildman–Crippen LogP) is 2.81. The van der Waals surface area contributed by atoms with Gasteiger partial charge in [-0.05, 0) is 54.0 Å². The maximum Gasteiger partial charge on any atom is 0.0967 e. The molecule has 0 aliphatic heterocycles. The maximum absolute atomic E-state index is 5.96. The van der Waals surface area contributed by atoms with Gasteiger partial charge in [-0.2, -0.15) is 0 Å². The van der Waals surface area contributed by atoms with Crippen LogP contribution in [-0.2, 0) is 16.8 Å². The van der Waals surface area contributed by atoms with Crippen molar-refractivity contribution in [2.75, 3.05) is 13.7 Å². The molecule has 2 atom stereocenters. The lowest BCUT2D eigenvalue weighted by Crippen LogP contribution is -2.66. The molecule has 2 aliphatic rings. The fraction of sp³-hybridized carbons (Fsp3) is 0.882. The Hall–Kier alpha value is -0.940. The zero-order valence-electron chi connectivity index (χ0n) is 14.7. The lowest BCUT2D eigenvalue weighted by atomic mass is 9.50. The highest BCUT2D eigenvalue weighted by Crippen LogP contribution is 2.59. The van der Waals surface area contributed by atoms with E-state index in [0.717, 1.165) is 25.3 Å². The normalized spacial score (nSPS) is 27.0. The largest absolute Gasteiger partial charge is 0.378 e. The third-order valence-corrected chi connectivity index (χ3v) is 5.57. The van der Waals surface area contributed by atoms with E-state index in [4.69, 9.17) is 4.74 Å². The van der Waals surface area contributed by atoms with Gasteiger partial charge in [0.15, 0.2) is 0 Å². The van der Waals surface area contributed by atoms with Gasteiger partial charge in [0.2, 0.25) is 0 Å². The Kier molecular flexibility index (Phi) is 4.06. The summed E-state index contributed by atoms with van der Waals surface area (Å²) in [5, 5.41) is 8.62. The molecule has 0 radical (unpaired) electrons. The summed E-state index contributed by atoms with van der Waals surface area (Å²) in [5.41, 5.74) is 1.48. The molecule has 1 heterocycles. The molecule has 124 valence electrons. The van der Waals surface area contributed by atoms with Gasteiger partial charge in [0.05, 0.1) is 23.5 Å². The second kappa shape index (κ2) is 5.60. The summed E-state index contributed by atoms with van der Waals surface area (Å²) in [6.07, 6.45) is 7.72. The molecule has 3 rings (SSSR count). The molecule has 0 aromatic carbocycles. The van der Waals surface area contributed by atoms with E-state index < -0.39 is 0 Å². The zero-order chi connectivity index (χ0) is 16.0. The minimum absolute atomic E-state index is 0.00442. The molecule has 0 amide bonds. The molecule has 1 spiro atoms. The molecular formula is C17H30N4O. The standard InChI is InChI=1S/C17H30N4O/c1-6-22-15-10-14(17(15)8-7-9-17)20(5)11-13-12-21(19-18-13)16(2,3)4/h12,14-15H,6-11H2,1-5H3/t14-,15+/m0/s1. The third-order valence-electron chi connectivity index (χ3n) is 5.57. The Labute approximate surface area is 134 Å². The number of aromatic nitrogens is 3. The van der Waals surface area contributed by atoms with Gasteiger partial charge in [0, 0.05) is 24.6 Å². The van der Waals surface area contributed by atoms with Crippen molar-refractivity contribution in [1.82, 2.24) is 19.9 Å². The van der Waals surface area contributed by atoms with E-state index in [2.05, 4.69) is 56.2 Å². The van der Waals surface area contributed by atoms with Crippen molar-refractivity contribution in [2.45, 2.75) is 77.6 Å². The minimum atomic E-state index is -0.00442. The molecule has 2 fully saturated rings. The Morgan fingerprint density at radius 2 is 2.14 bits per heavy atom. The van der Waals surface area contributed by atoms with Gasteiger partial charge in [-0.15, -0.1) is 5.10 Å². The van der Waals surface area contributed by atoms with Crippen molar-refractivity contribution in [3.8, 4) is 0 Å². The first-order chi connectivity index (χ1) is 10.4. The van der Waals surface area contributed by atoms with Crippen molar-refractivity contribution in [2.24, 2.45) is 5.41 Å². The van der Waals surface area contributed by atoms with Crippen LogP contribution in [0.3, 0.4) is 0 Å². The first-order valence-corrected chi connectivity index (χ1v) is 8.60. The van der Waals surface area contributed by atoms with Gasteiger partial charge in [0.25, 0.3) is 0 Å². The maximum atomic E-state index is 5.96. The van der Waals surface area contributed by atoms with Gasteiger partial charge < -0.3 is 4.74 Å². The van der Waals surface area contributed by atoms with Gasteiger partial charge in [-0.1, -0.05) is 11.6 Å². The Morgan fingerprint density at radius 1 is 1.41 bits per heavy atom. The number of ether oxygens (including phenoxy) is 1. The Morgan fingerprint density at radius 3 is 2.64 bits per heavy atom. The SMILES string of the molecule is CCO[C@@H]1C[C@H](N(C)Cc2cn(C(C)(C)C)nn2)C12CCC2. The Balaban J connectivity index is 1.63. The van der Waals surface area contributed by atoms with Crippen molar-refractivity contribution in [3.05, 3.63) is 11.9 Å². The van der Waals surface area contributed by atoms with Gasteiger partial charge in [-0.3, -0.25) is 4.90 Å². The van der Waals surface area contributed by atoms with Gasteiger partial charge >= 0.3 is 0 Å². The topological polar surface area (TPSA) is 43.2 Å². The molecule has 5 nitrogen and oxygen atoms in total. The first-order valence-electron chi connectivity index (χ1n) is 8.60. The summed E-state index contributed by atoms with van der Waals surface area (Å²) in [5.74, 6) is 0. The summed E-state index contributed by atoms with van der Waals surface area (Å²) in [6.45, 7) is 10.3. The van der Waals surface area contributed by atoms with E-state index in [1.165, 1.54) is 19.3 Å². The number of nitrogens with zero attached hydrogens (tertiary/aromatic N) is 4. The monoisotopic (exact) mass is 306 g/mol. The van der Waals surface area contributed by atoms with Crippen LogP contribution in [0.15, 0.2) is 6.20 Å². The smallest absolute Gasteiger partial charge is 0.0967 e. The minimum Gasteiger partial charge on any atom is -0.378 e. The van der Waals surface area contributed by atoms with E-state index in [9.17, 15) is 0 Å².